The molecule has 132 valence electrons. The van der Waals surface area contributed by atoms with E-state index < -0.39 is 23.5 Å². The molecule has 0 aromatic heterocycles. The number of esters is 2. The van der Waals surface area contributed by atoms with Gasteiger partial charge in [0.05, 0.1) is 17.9 Å². The van der Waals surface area contributed by atoms with Crippen molar-refractivity contribution >= 4 is 11.9 Å². The van der Waals surface area contributed by atoms with Crippen LogP contribution in [0.3, 0.4) is 0 Å². The van der Waals surface area contributed by atoms with Crippen LogP contribution in [0.15, 0.2) is 12.1 Å². The molecule has 4 nitrogen and oxygen atoms in total. The highest BCUT2D eigenvalue weighted by Crippen LogP contribution is 2.41. The zero-order valence-corrected chi connectivity index (χ0v) is 15.3. The summed E-state index contributed by atoms with van der Waals surface area (Å²) in [5.74, 6) is -0.574. The Labute approximate surface area is 144 Å². The maximum atomic E-state index is 12.2. The molecule has 0 heterocycles. The van der Waals surface area contributed by atoms with Crippen LogP contribution in [0.5, 0.6) is 0 Å². The Bertz CT molecular complexity index is 618. The normalized spacial score (nSPS) is 15.9. The molecule has 1 aromatic carbocycles. The highest BCUT2D eigenvalue weighted by molar-refractivity contribution is 5.90. The Hall–Kier alpha value is -1.68. The molecule has 4 heteroatoms. The van der Waals surface area contributed by atoms with Gasteiger partial charge in [-0.2, -0.15) is 0 Å². The number of ether oxygens (including phenoxy) is 1. The van der Waals surface area contributed by atoms with Crippen LogP contribution in [0.2, 0.25) is 0 Å². The standard InChI is InChI=1S/C20H28O4/c1-6-17(21)20(4,5)19(23)24-18(22)11-16-12(2)9-15(10-13(16)3)14-7-8-14/h9-10,14,17,21H,6-8,11H2,1-5H3. The Kier molecular flexibility index (Phi) is 5.49. The molecule has 1 N–H and O–H groups in total. The second-order valence-corrected chi connectivity index (χ2v) is 7.49. The molecule has 1 aliphatic carbocycles. The minimum absolute atomic E-state index is 0.0760. The van der Waals surface area contributed by atoms with Crippen LogP contribution in [0.25, 0.3) is 0 Å². The number of carbonyl (C=O) groups excluding carboxylic acids is 2. The fourth-order valence-electron chi connectivity index (χ4n) is 3.02. The average molecular weight is 332 g/mol. The minimum atomic E-state index is -1.09. The van der Waals surface area contributed by atoms with E-state index >= 15 is 0 Å². The lowest BCUT2D eigenvalue weighted by Crippen LogP contribution is -2.39. The van der Waals surface area contributed by atoms with Crippen molar-refractivity contribution < 1.29 is 19.4 Å². The molecule has 0 amide bonds. The van der Waals surface area contributed by atoms with Gasteiger partial charge in [-0.3, -0.25) is 9.59 Å². The average Bonchev–Trinajstić information content (AvgIpc) is 3.34. The van der Waals surface area contributed by atoms with Gasteiger partial charge in [0.1, 0.15) is 0 Å². The number of aliphatic hydroxyl groups excluding tert-OH is 1. The summed E-state index contributed by atoms with van der Waals surface area (Å²) in [6, 6.07) is 4.28. The molecule has 0 bridgehead atoms. The zero-order valence-electron chi connectivity index (χ0n) is 15.3. The SMILES string of the molecule is CCC(O)C(C)(C)C(=O)OC(=O)Cc1c(C)cc(C2CC2)cc1C. The van der Waals surface area contributed by atoms with Gasteiger partial charge in [0.25, 0.3) is 0 Å². The summed E-state index contributed by atoms with van der Waals surface area (Å²) in [5, 5.41) is 9.92. The van der Waals surface area contributed by atoms with Crippen LogP contribution in [0.4, 0.5) is 0 Å². The van der Waals surface area contributed by atoms with E-state index in [9.17, 15) is 14.7 Å². The Morgan fingerprint density at radius 3 is 2.25 bits per heavy atom. The maximum absolute atomic E-state index is 12.2. The van der Waals surface area contributed by atoms with Crippen LogP contribution in [0, 0.1) is 19.3 Å². The molecule has 1 unspecified atom stereocenters. The highest BCUT2D eigenvalue weighted by Gasteiger charge is 2.37. The summed E-state index contributed by atoms with van der Waals surface area (Å²) in [6.07, 6.45) is 2.15. The zero-order chi connectivity index (χ0) is 18.1. The molecule has 0 radical (unpaired) electrons. The van der Waals surface area contributed by atoms with Crippen molar-refractivity contribution in [1.82, 2.24) is 0 Å². The van der Waals surface area contributed by atoms with Crippen molar-refractivity contribution in [2.45, 2.75) is 72.3 Å². The molecule has 0 aliphatic heterocycles. The van der Waals surface area contributed by atoms with Gasteiger partial charge in [0.2, 0.25) is 0 Å². The highest BCUT2D eigenvalue weighted by atomic mass is 16.6. The quantitative estimate of drug-likeness (QED) is 0.639. The summed E-state index contributed by atoms with van der Waals surface area (Å²) in [5.41, 5.74) is 3.30. The lowest BCUT2D eigenvalue weighted by atomic mass is 9.85. The van der Waals surface area contributed by atoms with Gasteiger partial charge >= 0.3 is 11.9 Å². The van der Waals surface area contributed by atoms with E-state index in [2.05, 4.69) is 12.1 Å². The number of aryl methyl sites for hydroxylation is 2. The summed E-state index contributed by atoms with van der Waals surface area (Å²) < 4.78 is 5.00. The van der Waals surface area contributed by atoms with Gasteiger partial charge < -0.3 is 9.84 Å². The number of carbonyl (C=O) groups is 2. The molecule has 24 heavy (non-hydrogen) atoms. The predicted octanol–water partition coefficient (Wildman–Crippen LogP) is 3.59. The van der Waals surface area contributed by atoms with E-state index in [0.29, 0.717) is 12.3 Å². The van der Waals surface area contributed by atoms with E-state index in [1.54, 1.807) is 20.8 Å². The van der Waals surface area contributed by atoms with Crippen LogP contribution < -0.4 is 0 Å². The second kappa shape index (κ2) is 7.06. The number of hydrogen-bond acceptors (Lipinski definition) is 4. The fourth-order valence-corrected chi connectivity index (χ4v) is 3.02. The van der Waals surface area contributed by atoms with Crippen molar-refractivity contribution in [3.8, 4) is 0 Å². The van der Waals surface area contributed by atoms with Crippen molar-refractivity contribution in [3.05, 3.63) is 34.4 Å². The van der Waals surface area contributed by atoms with Gasteiger partial charge in [-0.15, -0.1) is 0 Å². The van der Waals surface area contributed by atoms with Crippen molar-refractivity contribution in [1.29, 1.82) is 0 Å². The molecule has 2 rings (SSSR count). The number of rotatable bonds is 6. The summed E-state index contributed by atoms with van der Waals surface area (Å²) in [4.78, 5) is 24.4. The third kappa shape index (κ3) is 4.04. The molecular formula is C20H28O4. The van der Waals surface area contributed by atoms with E-state index in [1.165, 1.54) is 18.4 Å². The summed E-state index contributed by atoms with van der Waals surface area (Å²) >= 11 is 0. The summed E-state index contributed by atoms with van der Waals surface area (Å²) in [7, 11) is 0. The second-order valence-electron chi connectivity index (χ2n) is 7.49. The topological polar surface area (TPSA) is 63.6 Å². The maximum Gasteiger partial charge on any atom is 0.321 e. The van der Waals surface area contributed by atoms with Gasteiger partial charge in [-0.25, -0.2) is 0 Å². The lowest BCUT2D eigenvalue weighted by molar-refractivity contribution is -0.170. The van der Waals surface area contributed by atoms with E-state index in [4.69, 9.17) is 4.74 Å². The van der Waals surface area contributed by atoms with Crippen molar-refractivity contribution in [3.63, 3.8) is 0 Å². The van der Waals surface area contributed by atoms with Crippen molar-refractivity contribution in [2.75, 3.05) is 0 Å². The molecule has 0 saturated heterocycles. The van der Waals surface area contributed by atoms with E-state index in [1.807, 2.05) is 13.8 Å². The Morgan fingerprint density at radius 2 is 1.79 bits per heavy atom. The van der Waals surface area contributed by atoms with Crippen LogP contribution in [0.1, 0.15) is 68.2 Å². The number of benzene rings is 1. The first-order valence-corrected chi connectivity index (χ1v) is 8.70. The molecule has 1 aliphatic rings. The number of aliphatic hydroxyl groups is 1. The third-order valence-corrected chi connectivity index (χ3v) is 5.04. The van der Waals surface area contributed by atoms with Crippen molar-refractivity contribution in [2.24, 2.45) is 5.41 Å². The van der Waals surface area contributed by atoms with Crippen LogP contribution >= 0.6 is 0 Å². The van der Waals surface area contributed by atoms with E-state index in [0.717, 1.165) is 16.7 Å². The van der Waals surface area contributed by atoms with Gasteiger partial charge in [-0.05, 0) is 75.1 Å². The first kappa shape index (κ1) is 18.7. The molecule has 0 spiro atoms. The van der Waals surface area contributed by atoms with Crippen LogP contribution in [-0.4, -0.2) is 23.1 Å². The first-order valence-electron chi connectivity index (χ1n) is 8.70. The third-order valence-electron chi connectivity index (χ3n) is 5.04. The molecule has 1 atom stereocenters. The monoisotopic (exact) mass is 332 g/mol. The molecule has 1 saturated carbocycles. The van der Waals surface area contributed by atoms with Crippen LogP contribution in [-0.2, 0) is 20.7 Å². The molecule has 1 fully saturated rings. The molecule has 1 aromatic rings. The van der Waals surface area contributed by atoms with Gasteiger partial charge in [0, 0.05) is 0 Å². The smallest absolute Gasteiger partial charge is 0.321 e. The fraction of sp³-hybridized carbons (Fsp3) is 0.600. The largest absolute Gasteiger partial charge is 0.392 e. The van der Waals surface area contributed by atoms with Gasteiger partial charge in [0.15, 0.2) is 0 Å². The Balaban J connectivity index is 2.06. The molecular weight excluding hydrogens is 304 g/mol. The minimum Gasteiger partial charge on any atom is -0.392 e. The Morgan fingerprint density at radius 1 is 1.25 bits per heavy atom. The lowest BCUT2D eigenvalue weighted by Gasteiger charge is -2.26. The first-order chi connectivity index (χ1) is 11.2. The van der Waals surface area contributed by atoms with Gasteiger partial charge in [-0.1, -0.05) is 19.1 Å². The predicted molar refractivity (Wildman–Crippen MR) is 92.8 cm³/mol. The van der Waals surface area contributed by atoms with E-state index in [-0.39, 0.29) is 6.42 Å². The number of hydrogen-bond donors (Lipinski definition) is 1. The summed E-state index contributed by atoms with van der Waals surface area (Å²) in [6.45, 7) is 8.97.